The minimum atomic E-state index is -0.185. The molecule has 15 heavy (non-hydrogen) atoms. The summed E-state index contributed by atoms with van der Waals surface area (Å²) in [7, 11) is 0. The number of carbonyl (C=O) groups excluding carboxylic acids is 1. The molecule has 0 atom stereocenters. The molecule has 0 aliphatic carbocycles. The molecule has 0 unspecified atom stereocenters. The summed E-state index contributed by atoms with van der Waals surface area (Å²) in [6, 6.07) is 3.30. The number of halogens is 1. The fourth-order valence-electron chi connectivity index (χ4n) is 1.50. The second kappa shape index (κ2) is 4.18. The van der Waals surface area contributed by atoms with Crippen molar-refractivity contribution in [2.75, 3.05) is 13.3 Å². The molecule has 0 saturated heterocycles. The summed E-state index contributed by atoms with van der Waals surface area (Å²) in [6.07, 6.45) is 0. The van der Waals surface area contributed by atoms with Crippen LogP contribution in [0.5, 0.6) is 5.75 Å². The predicted molar refractivity (Wildman–Crippen MR) is 55.1 cm³/mol. The molecule has 1 aliphatic heterocycles. The average molecular weight is 228 g/mol. The lowest BCUT2D eigenvalue weighted by Crippen LogP contribution is -2.19. The third-order valence-electron chi connectivity index (χ3n) is 2.16. The SMILES string of the molecule is NCC(=O)c1cc(Cl)cc2c1OCOC2. The summed E-state index contributed by atoms with van der Waals surface area (Å²) >= 11 is 5.88. The van der Waals surface area contributed by atoms with Gasteiger partial charge in [0.1, 0.15) is 5.75 Å². The highest BCUT2D eigenvalue weighted by Gasteiger charge is 2.19. The van der Waals surface area contributed by atoms with Crippen molar-refractivity contribution in [3.05, 3.63) is 28.3 Å². The van der Waals surface area contributed by atoms with Gasteiger partial charge in [-0.05, 0) is 12.1 Å². The number of hydrogen-bond donors (Lipinski definition) is 1. The molecule has 2 N–H and O–H groups in total. The number of benzene rings is 1. The maximum absolute atomic E-state index is 11.5. The number of ether oxygens (including phenoxy) is 2. The zero-order valence-electron chi connectivity index (χ0n) is 7.96. The van der Waals surface area contributed by atoms with E-state index in [0.717, 1.165) is 5.56 Å². The smallest absolute Gasteiger partial charge is 0.189 e. The van der Waals surface area contributed by atoms with Crippen LogP contribution in [0.25, 0.3) is 0 Å². The van der Waals surface area contributed by atoms with E-state index in [1.54, 1.807) is 12.1 Å². The van der Waals surface area contributed by atoms with Crippen LogP contribution in [-0.4, -0.2) is 19.1 Å². The minimum absolute atomic E-state index is 0.0585. The lowest BCUT2D eigenvalue weighted by molar-refractivity contribution is -0.0167. The highest BCUT2D eigenvalue weighted by Crippen LogP contribution is 2.31. The molecule has 1 aliphatic rings. The first-order chi connectivity index (χ1) is 7.22. The molecule has 1 aromatic rings. The van der Waals surface area contributed by atoms with E-state index in [0.29, 0.717) is 22.9 Å². The normalized spacial score (nSPS) is 14.3. The second-order valence-corrected chi connectivity index (χ2v) is 3.62. The first-order valence-electron chi connectivity index (χ1n) is 4.48. The fraction of sp³-hybridized carbons (Fsp3) is 0.300. The van der Waals surface area contributed by atoms with Gasteiger partial charge in [0.25, 0.3) is 0 Å². The summed E-state index contributed by atoms with van der Waals surface area (Å²) in [4.78, 5) is 11.5. The Morgan fingerprint density at radius 1 is 1.53 bits per heavy atom. The van der Waals surface area contributed by atoms with E-state index in [2.05, 4.69) is 0 Å². The standard InChI is InChI=1S/C10H10ClNO3/c11-7-1-6-4-14-5-15-10(6)8(2-7)9(13)3-12/h1-2H,3-5,12H2. The van der Waals surface area contributed by atoms with Gasteiger partial charge in [-0.15, -0.1) is 0 Å². The number of Topliss-reactive ketones (excluding diaryl/α,β-unsaturated/α-hetero) is 1. The van der Waals surface area contributed by atoms with Gasteiger partial charge in [0.2, 0.25) is 0 Å². The number of nitrogens with two attached hydrogens (primary N) is 1. The predicted octanol–water partition coefficient (Wildman–Crippen LogP) is 1.35. The maximum atomic E-state index is 11.5. The number of hydrogen-bond acceptors (Lipinski definition) is 4. The van der Waals surface area contributed by atoms with E-state index in [1.807, 2.05) is 0 Å². The van der Waals surface area contributed by atoms with E-state index < -0.39 is 0 Å². The van der Waals surface area contributed by atoms with Crippen LogP contribution in [0.3, 0.4) is 0 Å². The quantitative estimate of drug-likeness (QED) is 0.775. The molecule has 0 bridgehead atoms. The molecule has 0 saturated carbocycles. The van der Waals surface area contributed by atoms with Crippen LogP contribution in [0.4, 0.5) is 0 Å². The zero-order chi connectivity index (χ0) is 10.8. The maximum Gasteiger partial charge on any atom is 0.189 e. The molecule has 0 radical (unpaired) electrons. The molecule has 0 amide bonds. The van der Waals surface area contributed by atoms with Crippen molar-refractivity contribution in [1.29, 1.82) is 0 Å². The second-order valence-electron chi connectivity index (χ2n) is 3.18. The van der Waals surface area contributed by atoms with Crippen molar-refractivity contribution in [2.45, 2.75) is 6.61 Å². The van der Waals surface area contributed by atoms with Gasteiger partial charge < -0.3 is 15.2 Å². The van der Waals surface area contributed by atoms with Crippen molar-refractivity contribution in [1.82, 2.24) is 0 Å². The Kier molecular flexibility index (Phi) is 2.90. The van der Waals surface area contributed by atoms with E-state index >= 15 is 0 Å². The molecule has 0 aromatic heterocycles. The highest BCUT2D eigenvalue weighted by molar-refractivity contribution is 6.31. The van der Waals surface area contributed by atoms with E-state index in [4.69, 9.17) is 26.8 Å². The van der Waals surface area contributed by atoms with Crippen LogP contribution in [0, 0.1) is 0 Å². The number of carbonyl (C=O) groups is 1. The summed E-state index contributed by atoms with van der Waals surface area (Å²) < 4.78 is 10.4. The van der Waals surface area contributed by atoms with Crippen LogP contribution in [0.15, 0.2) is 12.1 Å². The van der Waals surface area contributed by atoms with Gasteiger partial charge in [0.15, 0.2) is 12.6 Å². The topological polar surface area (TPSA) is 61.6 Å². The monoisotopic (exact) mass is 227 g/mol. The van der Waals surface area contributed by atoms with Crippen molar-refractivity contribution in [3.63, 3.8) is 0 Å². The van der Waals surface area contributed by atoms with E-state index in [9.17, 15) is 4.79 Å². The van der Waals surface area contributed by atoms with Crippen molar-refractivity contribution < 1.29 is 14.3 Å². The molecule has 1 aromatic carbocycles. The van der Waals surface area contributed by atoms with Gasteiger partial charge in [-0.25, -0.2) is 0 Å². The highest BCUT2D eigenvalue weighted by atomic mass is 35.5. The number of ketones is 1. The lowest BCUT2D eigenvalue weighted by atomic mass is 10.0. The molecule has 0 fully saturated rings. The largest absolute Gasteiger partial charge is 0.466 e. The third kappa shape index (κ3) is 1.97. The average Bonchev–Trinajstić information content (AvgIpc) is 2.26. The molecule has 2 rings (SSSR count). The zero-order valence-corrected chi connectivity index (χ0v) is 8.71. The molecule has 1 heterocycles. The van der Waals surface area contributed by atoms with Crippen LogP contribution in [-0.2, 0) is 11.3 Å². The molecule has 80 valence electrons. The Bertz CT molecular complexity index is 406. The Labute approximate surface area is 91.9 Å². The molecule has 5 heteroatoms. The molecular formula is C10H10ClNO3. The summed E-state index contributed by atoms with van der Waals surface area (Å²) in [5, 5.41) is 0.486. The van der Waals surface area contributed by atoms with Crippen molar-refractivity contribution in [2.24, 2.45) is 5.73 Å². The molecule has 4 nitrogen and oxygen atoms in total. The van der Waals surface area contributed by atoms with Gasteiger partial charge in [-0.1, -0.05) is 11.6 Å². The Morgan fingerprint density at radius 3 is 3.07 bits per heavy atom. The minimum Gasteiger partial charge on any atom is -0.466 e. The Morgan fingerprint density at radius 2 is 2.33 bits per heavy atom. The number of rotatable bonds is 2. The van der Waals surface area contributed by atoms with E-state index in [1.165, 1.54) is 0 Å². The fourth-order valence-corrected chi connectivity index (χ4v) is 1.74. The summed E-state index contributed by atoms with van der Waals surface area (Å²) in [5.74, 6) is 0.358. The summed E-state index contributed by atoms with van der Waals surface area (Å²) in [6.45, 7) is 0.497. The molecule has 0 spiro atoms. The van der Waals surface area contributed by atoms with Crippen LogP contribution in [0.2, 0.25) is 5.02 Å². The van der Waals surface area contributed by atoms with Gasteiger partial charge >= 0.3 is 0 Å². The van der Waals surface area contributed by atoms with Crippen molar-refractivity contribution in [3.8, 4) is 5.75 Å². The van der Waals surface area contributed by atoms with Gasteiger partial charge in [0, 0.05) is 10.6 Å². The van der Waals surface area contributed by atoms with Crippen LogP contribution < -0.4 is 10.5 Å². The first kappa shape index (κ1) is 10.4. The Balaban J connectivity index is 2.52. The van der Waals surface area contributed by atoms with Crippen LogP contribution in [0.1, 0.15) is 15.9 Å². The molecular weight excluding hydrogens is 218 g/mol. The van der Waals surface area contributed by atoms with Gasteiger partial charge in [-0.2, -0.15) is 0 Å². The first-order valence-corrected chi connectivity index (χ1v) is 4.86. The Hall–Kier alpha value is -1.10. The van der Waals surface area contributed by atoms with Gasteiger partial charge in [-0.3, -0.25) is 4.79 Å². The third-order valence-corrected chi connectivity index (χ3v) is 2.38. The van der Waals surface area contributed by atoms with Crippen LogP contribution >= 0.6 is 11.6 Å². The number of fused-ring (bicyclic) bond motifs is 1. The summed E-state index contributed by atoms with van der Waals surface area (Å²) in [5.41, 5.74) is 6.52. The lowest BCUT2D eigenvalue weighted by Gasteiger charge is -2.20. The van der Waals surface area contributed by atoms with Gasteiger partial charge in [0.05, 0.1) is 18.7 Å². The van der Waals surface area contributed by atoms with E-state index in [-0.39, 0.29) is 19.1 Å². The van der Waals surface area contributed by atoms with Crippen molar-refractivity contribution >= 4 is 17.4 Å².